The fourth-order valence-corrected chi connectivity index (χ4v) is 2.91. The summed E-state index contributed by atoms with van der Waals surface area (Å²) in [6.07, 6.45) is 2.72. The number of aromatic amines is 1. The molecule has 2 N–H and O–H groups in total. The van der Waals surface area contributed by atoms with Gasteiger partial charge in [-0.25, -0.2) is 5.10 Å². The molecule has 134 valence electrons. The van der Waals surface area contributed by atoms with Crippen molar-refractivity contribution in [2.24, 2.45) is 0 Å². The van der Waals surface area contributed by atoms with Gasteiger partial charge in [0, 0.05) is 24.3 Å². The van der Waals surface area contributed by atoms with Crippen molar-refractivity contribution < 1.29 is 9.32 Å². The van der Waals surface area contributed by atoms with Crippen molar-refractivity contribution in [1.82, 2.24) is 25.7 Å². The molecule has 1 aliphatic carbocycles. The molecule has 3 aromatic rings. The number of fused-ring (bicyclic) bond motifs is 1. The van der Waals surface area contributed by atoms with Gasteiger partial charge in [-0.3, -0.25) is 9.59 Å². The van der Waals surface area contributed by atoms with E-state index in [1.54, 1.807) is 25.1 Å². The fraction of sp³-hybridized carbons (Fsp3) is 0.389. The average molecular weight is 353 g/mol. The van der Waals surface area contributed by atoms with Crippen molar-refractivity contribution in [3.05, 3.63) is 52.0 Å². The predicted molar refractivity (Wildman–Crippen MR) is 93.8 cm³/mol. The highest BCUT2D eigenvalue weighted by molar-refractivity contribution is 5.90. The van der Waals surface area contributed by atoms with Crippen LogP contribution in [-0.2, 0) is 11.2 Å². The number of hydrogen-bond donors (Lipinski definition) is 2. The van der Waals surface area contributed by atoms with Crippen molar-refractivity contribution >= 4 is 16.7 Å². The molecule has 1 fully saturated rings. The lowest BCUT2D eigenvalue weighted by atomic mass is 10.0. The molecule has 1 atom stereocenters. The Morgan fingerprint density at radius 2 is 2.12 bits per heavy atom. The van der Waals surface area contributed by atoms with E-state index in [4.69, 9.17) is 4.52 Å². The summed E-state index contributed by atoms with van der Waals surface area (Å²) in [6.45, 7) is 2.16. The third-order valence-electron chi connectivity index (χ3n) is 4.59. The second-order valence-corrected chi connectivity index (χ2v) is 6.57. The van der Waals surface area contributed by atoms with Gasteiger partial charge in [-0.2, -0.15) is 10.1 Å². The van der Waals surface area contributed by atoms with Gasteiger partial charge in [0.2, 0.25) is 11.8 Å². The van der Waals surface area contributed by atoms with E-state index in [-0.39, 0.29) is 11.5 Å². The van der Waals surface area contributed by atoms with Crippen molar-refractivity contribution in [3.63, 3.8) is 0 Å². The van der Waals surface area contributed by atoms with Crippen LogP contribution in [0.5, 0.6) is 0 Å². The third-order valence-corrected chi connectivity index (χ3v) is 4.59. The number of nitrogens with zero attached hydrogens (tertiary/aromatic N) is 3. The van der Waals surface area contributed by atoms with E-state index in [1.807, 2.05) is 6.07 Å². The smallest absolute Gasteiger partial charge is 0.272 e. The summed E-state index contributed by atoms with van der Waals surface area (Å²) < 4.78 is 5.20. The molecule has 1 aromatic carbocycles. The van der Waals surface area contributed by atoms with E-state index >= 15 is 0 Å². The first kappa shape index (κ1) is 16.4. The summed E-state index contributed by atoms with van der Waals surface area (Å²) in [5.41, 5.74) is 0.284. The van der Waals surface area contributed by atoms with Crippen molar-refractivity contribution in [3.8, 4) is 0 Å². The van der Waals surface area contributed by atoms with Crippen LogP contribution in [0.2, 0.25) is 0 Å². The molecule has 26 heavy (non-hydrogen) atoms. The first-order valence-corrected chi connectivity index (χ1v) is 8.71. The number of carbonyl (C=O) groups is 1. The first-order chi connectivity index (χ1) is 12.6. The van der Waals surface area contributed by atoms with E-state index in [0.29, 0.717) is 41.2 Å². The van der Waals surface area contributed by atoms with Crippen molar-refractivity contribution in [2.75, 3.05) is 6.54 Å². The highest BCUT2D eigenvalue weighted by Gasteiger charge is 2.28. The molecule has 0 unspecified atom stereocenters. The molecule has 8 heteroatoms. The second-order valence-electron chi connectivity index (χ2n) is 6.57. The molecule has 1 aliphatic rings. The Labute approximate surface area is 149 Å². The van der Waals surface area contributed by atoms with Crippen LogP contribution < -0.4 is 10.9 Å². The minimum absolute atomic E-state index is 0.170. The Hall–Kier alpha value is -3.03. The molecular formula is C18H19N5O3. The highest BCUT2D eigenvalue weighted by atomic mass is 16.5. The number of benzene rings is 1. The number of H-pyrrole nitrogens is 1. The van der Waals surface area contributed by atoms with E-state index in [9.17, 15) is 9.59 Å². The Morgan fingerprint density at radius 1 is 1.35 bits per heavy atom. The zero-order valence-electron chi connectivity index (χ0n) is 14.4. The van der Waals surface area contributed by atoms with Gasteiger partial charge in [0.15, 0.2) is 5.82 Å². The molecule has 0 bridgehead atoms. The van der Waals surface area contributed by atoms with Crippen LogP contribution >= 0.6 is 0 Å². The molecule has 0 saturated heterocycles. The van der Waals surface area contributed by atoms with Gasteiger partial charge in [0.05, 0.1) is 17.0 Å². The SMILES string of the molecule is C[C@H](C(=O)NCCc1nc(C2CC2)no1)c1n[nH]c(=O)c2ccccc12. The maximum Gasteiger partial charge on any atom is 0.272 e. The molecule has 2 heterocycles. The summed E-state index contributed by atoms with van der Waals surface area (Å²) in [4.78, 5) is 28.7. The van der Waals surface area contributed by atoms with E-state index in [2.05, 4.69) is 25.7 Å². The molecule has 4 rings (SSSR count). The quantitative estimate of drug-likeness (QED) is 0.696. The summed E-state index contributed by atoms with van der Waals surface area (Å²) in [5.74, 6) is 1.08. The number of rotatable bonds is 6. The third kappa shape index (κ3) is 3.22. The lowest BCUT2D eigenvalue weighted by molar-refractivity contribution is -0.122. The number of carbonyl (C=O) groups excluding carboxylic acids is 1. The van der Waals surface area contributed by atoms with Crippen molar-refractivity contribution in [1.29, 1.82) is 0 Å². The van der Waals surface area contributed by atoms with E-state index < -0.39 is 5.92 Å². The minimum atomic E-state index is -0.499. The molecule has 0 radical (unpaired) electrons. The van der Waals surface area contributed by atoms with Crippen LogP contribution in [0.15, 0.2) is 33.6 Å². The molecular weight excluding hydrogens is 334 g/mol. The van der Waals surface area contributed by atoms with E-state index in [0.717, 1.165) is 18.7 Å². The maximum absolute atomic E-state index is 12.5. The van der Waals surface area contributed by atoms with Crippen LogP contribution in [0.25, 0.3) is 10.8 Å². The standard InChI is InChI=1S/C18H19N5O3/c1-10(15-12-4-2-3-5-13(12)18(25)22-21-15)17(24)19-9-8-14-20-16(23-26-14)11-6-7-11/h2-5,10-11H,6-9H2,1H3,(H,19,24)(H,22,25)/t10-/m0/s1. The molecule has 1 saturated carbocycles. The van der Waals surface area contributed by atoms with Crippen LogP contribution in [0.3, 0.4) is 0 Å². The lowest BCUT2D eigenvalue weighted by Gasteiger charge is -2.12. The zero-order valence-corrected chi connectivity index (χ0v) is 14.4. The van der Waals surface area contributed by atoms with Crippen LogP contribution in [-0.4, -0.2) is 32.8 Å². The number of aromatic nitrogens is 4. The fourth-order valence-electron chi connectivity index (χ4n) is 2.91. The van der Waals surface area contributed by atoms with Gasteiger partial charge in [-0.1, -0.05) is 23.4 Å². The monoisotopic (exact) mass is 353 g/mol. The van der Waals surface area contributed by atoms with Gasteiger partial charge in [0.1, 0.15) is 0 Å². The zero-order chi connectivity index (χ0) is 18.1. The van der Waals surface area contributed by atoms with Gasteiger partial charge < -0.3 is 9.84 Å². The van der Waals surface area contributed by atoms with Gasteiger partial charge in [-0.05, 0) is 25.8 Å². The Balaban J connectivity index is 1.41. The Kier molecular flexibility index (Phi) is 4.24. The van der Waals surface area contributed by atoms with E-state index in [1.165, 1.54) is 0 Å². The molecule has 1 amide bonds. The number of nitrogens with one attached hydrogen (secondary N) is 2. The summed E-state index contributed by atoms with van der Waals surface area (Å²) >= 11 is 0. The molecule has 0 spiro atoms. The summed E-state index contributed by atoms with van der Waals surface area (Å²) in [7, 11) is 0. The maximum atomic E-state index is 12.5. The van der Waals surface area contributed by atoms with Gasteiger partial charge in [0.25, 0.3) is 5.56 Å². The summed E-state index contributed by atoms with van der Waals surface area (Å²) in [5, 5.41) is 14.6. The number of amides is 1. The lowest BCUT2D eigenvalue weighted by Crippen LogP contribution is -2.31. The Morgan fingerprint density at radius 3 is 2.88 bits per heavy atom. The number of hydrogen-bond acceptors (Lipinski definition) is 6. The first-order valence-electron chi connectivity index (χ1n) is 8.71. The molecule has 8 nitrogen and oxygen atoms in total. The highest BCUT2D eigenvalue weighted by Crippen LogP contribution is 2.38. The second kappa shape index (κ2) is 6.70. The largest absolute Gasteiger partial charge is 0.355 e. The summed E-state index contributed by atoms with van der Waals surface area (Å²) in [6, 6.07) is 7.13. The van der Waals surface area contributed by atoms with Gasteiger partial charge in [-0.15, -0.1) is 0 Å². The topological polar surface area (TPSA) is 114 Å². The normalized spacial score (nSPS) is 15.1. The van der Waals surface area contributed by atoms with Crippen LogP contribution in [0.1, 0.15) is 49.0 Å². The van der Waals surface area contributed by atoms with Crippen molar-refractivity contribution in [2.45, 2.75) is 38.0 Å². The Bertz CT molecular complexity index is 1010. The average Bonchev–Trinajstić information content (AvgIpc) is 3.41. The molecule has 0 aliphatic heterocycles. The van der Waals surface area contributed by atoms with Gasteiger partial charge >= 0.3 is 0 Å². The molecule has 2 aromatic heterocycles. The van der Waals surface area contributed by atoms with Crippen LogP contribution in [0, 0.1) is 0 Å². The predicted octanol–water partition coefficient (Wildman–Crippen LogP) is 1.65. The minimum Gasteiger partial charge on any atom is -0.355 e. The van der Waals surface area contributed by atoms with Crippen LogP contribution in [0.4, 0.5) is 0 Å².